The van der Waals surface area contributed by atoms with Crippen LogP contribution in [0.3, 0.4) is 0 Å². The van der Waals surface area contributed by atoms with Gasteiger partial charge in [0, 0.05) is 24.6 Å². The fraction of sp³-hybridized carbons (Fsp3) is 0.500. The first-order valence-corrected chi connectivity index (χ1v) is 5.58. The molecule has 2 aliphatic rings. The number of nitrogens with zero attached hydrogens (tertiary/aromatic N) is 1. The van der Waals surface area contributed by atoms with Crippen LogP contribution in [-0.2, 0) is 0 Å². The molecule has 1 saturated carbocycles. The van der Waals surface area contributed by atoms with Crippen molar-refractivity contribution in [2.24, 2.45) is 5.41 Å². The molecule has 1 heterocycles. The molecule has 2 heteroatoms. The molecule has 1 aromatic rings. The Balaban J connectivity index is 1.76. The highest BCUT2D eigenvalue weighted by molar-refractivity contribution is 6.33. The Kier molecular flexibility index (Phi) is 1.78. The average molecular weight is 207 g/mol. The standard InChI is InChI=1S/C12H13ClN/c13-10-4-1-2-5-11(10)14-8-12(9-14)6-3-7-12/h1-2,5H,3,6-9H2. The third-order valence-electron chi connectivity index (χ3n) is 3.59. The summed E-state index contributed by atoms with van der Waals surface area (Å²) in [5.74, 6) is 0. The Morgan fingerprint density at radius 3 is 2.71 bits per heavy atom. The van der Waals surface area contributed by atoms with Gasteiger partial charge in [-0.15, -0.1) is 0 Å². The lowest BCUT2D eigenvalue weighted by Gasteiger charge is -2.57. The first kappa shape index (κ1) is 8.60. The highest BCUT2D eigenvalue weighted by Crippen LogP contribution is 2.50. The van der Waals surface area contributed by atoms with Crippen molar-refractivity contribution >= 4 is 17.3 Å². The van der Waals surface area contributed by atoms with Gasteiger partial charge < -0.3 is 4.90 Å². The highest BCUT2D eigenvalue weighted by Gasteiger charge is 2.47. The van der Waals surface area contributed by atoms with Crippen molar-refractivity contribution in [3.8, 4) is 0 Å². The van der Waals surface area contributed by atoms with Crippen molar-refractivity contribution in [1.82, 2.24) is 0 Å². The summed E-state index contributed by atoms with van der Waals surface area (Å²) in [6.45, 7) is 2.40. The fourth-order valence-corrected chi connectivity index (χ4v) is 2.82. The van der Waals surface area contributed by atoms with Gasteiger partial charge in [0.25, 0.3) is 0 Å². The van der Waals surface area contributed by atoms with Crippen LogP contribution >= 0.6 is 11.6 Å². The van der Waals surface area contributed by atoms with Gasteiger partial charge >= 0.3 is 0 Å². The molecule has 14 heavy (non-hydrogen) atoms. The predicted molar refractivity (Wildman–Crippen MR) is 58.8 cm³/mol. The van der Waals surface area contributed by atoms with E-state index in [1.807, 2.05) is 12.1 Å². The molecule has 2 fully saturated rings. The Morgan fingerprint density at radius 1 is 1.36 bits per heavy atom. The number of rotatable bonds is 1. The normalized spacial score (nSPS) is 23.1. The van der Waals surface area contributed by atoms with E-state index >= 15 is 0 Å². The molecule has 0 bridgehead atoms. The quantitative estimate of drug-likeness (QED) is 0.683. The Morgan fingerprint density at radius 2 is 2.14 bits per heavy atom. The second-order valence-corrected chi connectivity index (χ2v) is 4.96. The van der Waals surface area contributed by atoms with Crippen molar-refractivity contribution in [1.29, 1.82) is 0 Å². The minimum atomic E-state index is 0.666. The molecule has 3 rings (SSSR count). The topological polar surface area (TPSA) is 3.24 Å². The molecular weight excluding hydrogens is 194 g/mol. The molecule has 0 amide bonds. The largest absolute Gasteiger partial charge is 0.369 e. The van der Waals surface area contributed by atoms with Crippen molar-refractivity contribution in [2.75, 3.05) is 18.0 Å². The van der Waals surface area contributed by atoms with E-state index in [2.05, 4.69) is 17.0 Å². The first-order valence-electron chi connectivity index (χ1n) is 5.20. The van der Waals surface area contributed by atoms with Crippen LogP contribution in [0.5, 0.6) is 0 Å². The Bertz CT molecular complexity index is 349. The van der Waals surface area contributed by atoms with Gasteiger partial charge in [-0.05, 0) is 18.9 Å². The van der Waals surface area contributed by atoms with E-state index in [4.69, 9.17) is 11.6 Å². The highest BCUT2D eigenvalue weighted by atomic mass is 35.5. The van der Waals surface area contributed by atoms with Crippen molar-refractivity contribution < 1.29 is 0 Å². The molecule has 0 unspecified atom stereocenters. The summed E-state index contributed by atoms with van der Waals surface area (Å²) >= 11 is 6.09. The van der Waals surface area contributed by atoms with E-state index in [1.165, 1.54) is 32.4 Å². The third-order valence-corrected chi connectivity index (χ3v) is 3.90. The first-order chi connectivity index (χ1) is 6.79. The molecule has 1 nitrogen and oxygen atoms in total. The lowest BCUT2D eigenvalue weighted by Crippen LogP contribution is -2.59. The molecule has 73 valence electrons. The summed E-state index contributed by atoms with van der Waals surface area (Å²) in [6.07, 6.45) is 4.25. The molecule has 1 spiro atoms. The molecule has 1 aromatic carbocycles. The van der Waals surface area contributed by atoms with Gasteiger partial charge in [0.2, 0.25) is 0 Å². The zero-order chi connectivity index (χ0) is 9.60. The van der Waals surface area contributed by atoms with E-state index in [0.717, 1.165) is 10.7 Å². The summed E-state index contributed by atoms with van der Waals surface area (Å²) in [5.41, 5.74) is 1.82. The summed E-state index contributed by atoms with van der Waals surface area (Å²) in [5, 5.41) is 0.765. The van der Waals surface area contributed by atoms with Gasteiger partial charge in [0.1, 0.15) is 0 Å². The van der Waals surface area contributed by atoms with Gasteiger partial charge in [-0.25, -0.2) is 0 Å². The Labute approximate surface area is 89.7 Å². The smallest absolute Gasteiger partial charge is 0.0718 e. The number of anilines is 1. The van der Waals surface area contributed by atoms with Gasteiger partial charge in [-0.3, -0.25) is 0 Å². The number of benzene rings is 1. The molecule has 1 saturated heterocycles. The molecule has 1 aliphatic heterocycles. The summed E-state index contributed by atoms with van der Waals surface area (Å²) in [4.78, 5) is 2.37. The summed E-state index contributed by atoms with van der Waals surface area (Å²) in [6, 6.07) is 9.00. The maximum absolute atomic E-state index is 6.09. The van der Waals surface area contributed by atoms with Crippen LogP contribution in [0.25, 0.3) is 0 Å². The van der Waals surface area contributed by atoms with Crippen molar-refractivity contribution in [2.45, 2.75) is 19.3 Å². The molecule has 1 radical (unpaired) electrons. The third kappa shape index (κ3) is 1.15. The maximum Gasteiger partial charge on any atom is 0.0718 e. The zero-order valence-electron chi connectivity index (χ0n) is 8.09. The molecule has 0 aromatic heterocycles. The summed E-state index contributed by atoms with van der Waals surface area (Å²) in [7, 11) is 0. The molecule has 0 N–H and O–H groups in total. The van der Waals surface area contributed by atoms with Crippen LogP contribution < -0.4 is 4.90 Å². The van der Waals surface area contributed by atoms with Gasteiger partial charge in [-0.2, -0.15) is 0 Å². The zero-order valence-corrected chi connectivity index (χ0v) is 8.85. The van der Waals surface area contributed by atoms with Crippen LogP contribution in [0.15, 0.2) is 18.2 Å². The predicted octanol–water partition coefficient (Wildman–Crippen LogP) is 3.13. The maximum atomic E-state index is 6.09. The van der Waals surface area contributed by atoms with Crippen LogP contribution in [0.2, 0.25) is 5.02 Å². The second-order valence-electron chi connectivity index (χ2n) is 4.58. The van der Waals surface area contributed by atoms with Crippen LogP contribution in [0.4, 0.5) is 5.69 Å². The van der Waals surface area contributed by atoms with E-state index in [-0.39, 0.29) is 0 Å². The van der Waals surface area contributed by atoms with Gasteiger partial charge in [0.15, 0.2) is 0 Å². The second kappa shape index (κ2) is 2.90. The lowest BCUT2D eigenvalue weighted by atomic mass is 9.63. The molecular formula is C12H13ClN. The summed E-state index contributed by atoms with van der Waals surface area (Å²) < 4.78 is 0. The van der Waals surface area contributed by atoms with E-state index in [9.17, 15) is 0 Å². The monoisotopic (exact) mass is 206 g/mol. The average Bonchev–Trinajstić information content (AvgIpc) is 2.03. The minimum Gasteiger partial charge on any atom is -0.369 e. The van der Waals surface area contributed by atoms with E-state index in [0.29, 0.717) is 5.41 Å². The number of hydrogen-bond acceptors (Lipinski definition) is 1. The molecule has 0 atom stereocenters. The van der Waals surface area contributed by atoms with E-state index in [1.54, 1.807) is 0 Å². The fourth-order valence-electron chi connectivity index (χ4n) is 2.58. The lowest BCUT2D eigenvalue weighted by molar-refractivity contribution is 0.0904. The van der Waals surface area contributed by atoms with Crippen LogP contribution in [0, 0.1) is 11.5 Å². The van der Waals surface area contributed by atoms with Gasteiger partial charge in [0.05, 0.1) is 10.7 Å². The van der Waals surface area contributed by atoms with Crippen LogP contribution in [-0.4, -0.2) is 13.1 Å². The van der Waals surface area contributed by atoms with Crippen molar-refractivity contribution in [3.05, 3.63) is 29.3 Å². The molecule has 1 aliphatic carbocycles. The van der Waals surface area contributed by atoms with Crippen molar-refractivity contribution in [3.63, 3.8) is 0 Å². The SMILES string of the molecule is Clc1[c]cccc1N1CC2(CCC2)C1. The number of halogens is 1. The van der Waals surface area contributed by atoms with Crippen LogP contribution in [0.1, 0.15) is 19.3 Å². The Hall–Kier alpha value is -0.690. The number of hydrogen-bond donors (Lipinski definition) is 0. The van der Waals surface area contributed by atoms with E-state index < -0.39 is 0 Å². The minimum absolute atomic E-state index is 0.666. The van der Waals surface area contributed by atoms with Gasteiger partial charge in [-0.1, -0.05) is 30.2 Å².